The molecule has 5 heterocycles. The number of piperazine rings is 1. The SMILES string of the molecule is BC(B)(B)Oc1cc(CN2CCN(C3CC4(C3)CN(c3ccc(C(=O)NSc5ccc(N)c([N+](=O)[O-])c5)c(Oc5cnc6[nH]ccc6c5)c3)C4)CC2)cc2c1OCC2(C)C. The van der Waals surface area contributed by atoms with E-state index >= 15 is 0 Å². The standard InChI is InChI=1S/C42H49B3N8O6S/c1-40(2)24-57-37-32(40)13-25(14-36(37)59-42(43,44)45)21-50-9-11-51(12-10-50)28-18-41(19-28)22-52(23-41)27-3-5-31(35(16-27)58-29-15-26-7-8-47-38(26)48-20-29)39(54)49-60-30-4-6-33(46)34(17-30)53(55)56/h3-8,13-17,20,28H,9-12,18-19,21-24,43-46H2,1-2H3,(H,47,48)(H,49,54). The first kappa shape index (κ1) is 40.1. The molecule has 14 nitrogen and oxygen atoms in total. The molecule has 3 aromatic carbocycles. The number of nitro benzene ring substituents is 1. The zero-order chi connectivity index (χ0) is 42.0. The Kier molecular flexibility index (Phi) is 10.2. The molecule has 3 aliphatic heterocycles. The van der Waals surface area contributed by atoms with Crippen LogP contribution in [-0.2, 0) is 12.0 Å². The highest BCUT2D eigenvalue weighted by atomic mass is 32.2. The number of hydrogen-bond acceptors (Lipinski definition) is 12. The van der Waals surface area contributed by atoms with Gasteiger partial charge in [0.15, 0.2) is 11.5 Å². The predicted molar refractivity (Wildman–Crippen MR) is 242 cm³/mol. The molecule has 2 aromatic heterocycles. The topological polar surface area (TPSA) is 164 Å². The van der Waals surface area contributed by atoms with Crippen LogP contribution in [0.5, 0.6) is 23.0 Å². The molecular formula is C42H49B3N8O6S. The molecule has 4 aliphatic rings. The van der Waals surface area contributed by atoms with E-state index in [4.69, 9.17) is 19.9 Å². The monoisotopic (exact) mass is 826 g/mol. The van der Waals surface area contributed by atoms with Crippen LogP contribution in [0, 0.1) is 15.5 Å². The molecule has 2 saturated heterocycles. The van der Waals surface area contributed by atoms with Gasteiger partial charge in [-0.2, -0.15) is 0 Å². The van der Waals surface area contributed by atoms with E-state index in [0.29, 0.717) is 40.0 Å². The Balaban J connectivity index is 0.821. The number of carbonyl (C=O) groups excluding carboxylic acids is 1. The van der Waals surface area contributed by atoms with Gasteiger partial charge in [-0.1, -0.05) is 13.8 Å². The van der Waals surface area contributed by atoms with Crippen LogP contribution in [0.1, 0.15) is 48.2 Å². The number of nitrogens with two attached hydrogens (primary N) is 1. The number of nitro groups is 1. The number of nitrogens with one attached hydrogen (secondary N) is 2. The molecule has 1 aliphatic carbocycles. The van der Waals surface area contributed by atoms with Crippen molar-refractivity contribution in [3.63, 3.8) is 0 Å². The lowest BCUT2D eigenvalue weighted by molar-refractivity contribution is -0.384. The quantitative estimate of drug-likeness (QED) is 0.0552. The Bertz CT molecular complexity index is 2480. The highest BCUT2D eigenvalue weighted by Gasteiger charge is 2.54. The first-order valence-corrected chi connectivity index (χ1v) is 21.4. The number of aromatic nitrogens is 2. The maximum Gasteiger partial charge on any atom is 0.293 e. The van der Waals surface area contributed by atoms with Crippen LogP contribution < -0.4 is 29.6 Å². The fraction of sp³-hybridized carbons (Fsp3) is 0.381. The van der Waals surface area contributed by atoms with Crippen LogP contribution in [0.2, 0.25) is 0 Å². The van der Waals surface area contributed by atoms with Crippen molar-refractivity contribution >= 4 is 69.5 Å². The van der Waals surface area contributed by atoms with Gasteiger partial charge in [0.2, 0.25) is 0 Å². The van der Waals surface area contributed by atoms with Gasteiger partial charge in [0.1, 0.15) is 46.4 Å². The summed E-state index contributed by atoms with van der Waals surface area (Å²) >= 11 is 0.978. The van der Waals surface area contributed by atoms with E-state index in [-0.39, 0.29) is 22.1 Å². The van der Waals surface area contributed by atoms with Gasteiger partial charge >= 0.3 is 0 Å². The van der Waals surface area contributed by atoms with E-state index in [2.05, 4.69) is 78.9 Å². The zero-order valence-electron chi connectivity index (χ0n) is 34.7. The summed E-state index contributed by atoms with van der Waals surface area (Å²) in [5.41, 5.74) is 10.4. The van der Waals surface area contributed by atoms with Crippen LogP contribution >= 0.6 is 11.9 Å². The van der Waals surface area contributed by atoms with Crippen LogP contribution in [0.25, 0.3) is 11.0 Å². The molecule has 0 radical (unpaired) electrons. The summed E-state index contributed by atoms with van der Waals surface area (Å²) < 4.78 is 21.7. The van der Waals surface area contributed by atoms with Gasteiger partial charge in [0.05, 0.1) is 23.3 Å². The van der Waals surface area contributed by atoms with E-state index in [1.807, 2.05) is 30.5 Å². The number of hydrogen-bond donors (Lipinski definition) is 3. The van der Waals surface area contributed by atoms with Gasteiger partial charge in [-0.15, -0.1) is 0 Å². The normalized spacial score (nSPS) is 18.7. The molecule has 0 bridgehead atoms. The lowest BCUT2D eigenvalue weighted by Crippen LogP contribution is -2.68. The lowest BCUT2D eigenvalue weighted by atomic mass is 9.52. The maximum absolute atomic E-state index is 13.6. The number of pyridine rings is 1. The number of fused-ring (bicyclic) bond motifs is 2. The third-order valence-electron chi connectivity index (χ3n) is 12.2. The van der Waals surface area contributed by atoms with E-state index in [9.17, 15) is 14.9 Å². The number of aromatic amines is 1. The van der Waals surface area contributed by atoms with Crippen molar-refractivity contribution in [3.05, 3.63) is 99.9 Å². The average molecular weight is 826 g/mol. The summed E-state index contributed by atoms with van der Waals surface area (Å²) in [5, 5.41) is 12.0. The Hall–Kier alpha value is -5.32. The van der Waals surface area contributed by atoms with E-state index in [0.717, 1.165) is 86.0 Å². The third-order valence-corrected chi connectivity index (χ3v) is 13.0. The number of nitrogen functional groups attached to an aromatic ring is 1. The molecule has 18 heteroatoms. The van der Waals surface area contributed by atoms with Crippen molar-refractivity contribution in [1.82, 2.24) is 24.5 Å². The molecule has 4 N–H and O–H groups in total. The molecule has 0 unspecified atom stereocenters. The zero-order valence-corrected chi connectivity index (χ0v) is 35.6. The second-order valence-corrected chi connectivity index (χ2v) is 19.3. The lowest BCUT2D eigenvalue weighted by Gasteiger charge is -2.62. The number of rotatable bonds is 12. The minimum atomic E-state index is -0.542. The Morgan fingerprint density at radius 1 is 1.07 bits per heavy atom. The van der Waals surface area contributed by atoms with Crippen molar-refractivity contribution in [2.45, 2.75) is 54.9 Å². The number of ether oxygens (including phenoxy) is 3. The van der Waals surface area contributed by atoms with Gasteiger partial charge < -0.3 is 29.8 Å². The Morgan fingerprint density at radius 2 is 1.85 bits per heavy atom. The number of nitrogens with zero attached hydrogens (tertiary/aromatic N) is 5. The maximum atomic E-state index is 13.6. The van der Waals surface area contributed by atoms with Gasteiger partial charge in [0.25, 0.3) is 11.6 Å². The smallest absolute Gasteiger partial charge is 0.293 e. The molecule has 9 rings (SSSR count). The summed E-state index contributed by atoms with van der Waals surface area (Å²) in [4.78, 5) is 40.1. The van der Waals surface area contributed by atoms with Crippen molar-refractivity contribution in [3.8, 4) is 23.0 Å². The van der Waals surface area contributed by atoms with Crippen LogP contribution in [0.15, 0.2) is 78.0 Å². The third kappa shape index (κ3) is 8.12. The van der Waals surface area contributed by atoms with Gasteiger partial charge in [-0.25, -0.2) is 4.98 Å². The molecule has 1 amide bonds. The number of carbonyl (C=O) groups is 1. The largest absolute Gasteiger partial charge is 0.510 e. The number of amides is 1. The van der Waals surface area contributed by atoms with Crippen molar-refractivity contribution in [1.29, 1.82) is 0 Å². The summed E-state index contributed by atoms with van der Waals surface area (Å²) in [6.45, 7) is 12.2. The molecule has 1 saturated carbocycles. The summed E-state index contributed by atoms with van der Waals surface area (Å²) in [7, 11) is 6.25. The molecule has 3 fully saturated rings. The molecule has 1 spiro atoms. The van der Waals surface area contributed by atoms with E-state index in [1.54, 1.807) is 18.3 Å². The average Bonchev–Trinajstić information content (AvgIpc) is 3.76. The predicted octanol–water partition coefficient (Wildman–Crippen LogP) is 3.63. The van der Waals surface area contributed by atoms with E-state index in [1.165, 1.54) is 36.1 Å². The van der Waals surface area contributed by atoms with Gasteiger partial charge in [-0.05, 0) is 78.9 Å². The van der Waals surface area contributed by atoms with Crippen LogP contribution in [0.4, 0.5) is 17.1 Å². The highest BCUT2D eigenvalue weighted by molar-refractivity contribution is 7.98. The number of anilines is 2. The second-order valence-electron chi connectivity index (χ2n) is 18.5. The van der Waals surface area contributed by atoms with Crippen LogP contribution in [0.3, 0.4) is 0 Å². The van der Waals surface area contributed by atoms with Gasteiger partial charge in [-0.3, -0.25) is 29.4 Å². The van der Waals surface area contributed by atoms with Crippen molar-refractivity contribution in [2.24, 2.45) is 5.41 Å². The van der Waals surface area contributed by atoms with Crippen molar-refractivity contribution < 1.29 is 23.9 Å². The molecule has 0 atom stereocenters. The summed E-state index contributed by atoms with van der Waals surface area (Å²) in [5.74, 6) is 2.25. The summed E-state index contributed by atoms with van der Waals surface area (Å²) in [6, 6.07) is 19.0. The molecule has 5 aromatic rings. The fourth-order valence-corrected chi connectivity index (χ4v) is 9.70. The Morgan fingerprint density at radius 3 is 2.60 bits per heavy atom. The van der Waals surface area contributed by atoms with Crippen LogP contribution in [-0.4, -0.2) is 111 Å². The summed E-state index contributed by atoms with van der Waals surface area (Å²) in [6.07, 6.45) is 5.81. The number of benzene rings is 3. The molecule has 60 heavy (non-hydrogen) atoms. The first-order valence-electron chi connectivity index (χ1n) is 20.6. The van der Waals surface area contributed by atoms with E-state index < -0.39 is 10.8 Å². The first-order chi connectivity index (χ1) is 28.6. The highest BCUT2D eigenvalue weighted by Crippen LogP contribution is 2.52. The molecular weight excluding hydrogens is 777 g/mol. The molecule has 308 valence electrons. The number of H-pyrrole nitrogens is 1. The Labute approximate surface area is 356 Å². The minimum Gasteiger partial charge on any atom is -0.510 e. The minimum absolute atomic E-state index is 0.0438. The van der Waals surface area contributed by atoms with Gasteiger partial charge in [0, 0.05) is 108 Å². The van der Waals surface area contributed by atoms with Crippen molar-refractivity contribution in [2.75, 3.05) is 56.5 Å². The second kappa shape index (κ2) is 15.3. The fourth-order valence-electron chi connectivity index (χ4n) is 9.07.